The molecule has 3 amide bonds. The Hall–Kier alpha value is -2.70. The number of carbonyl (C=O) groups is 4. The third kappa shape index (κ3) is 7.60. The number of urea groups is 1. The van der Waals surface area contributed by atoms with Crippen molar-refractivity contribution in [2.24, 2.45) is 0 Å². The molecule has 0 spiro atoms. The predicted molar refractivity (Wildman–Crippen MR) is 92.1 cm³/mol. The summed E-state index contributed by atoms with van der Waals surface area (Å²) in [5, 5.41) is 4.57. The van der Waals surface area contributed by atoms with E-state index in [4.69, 9.17) is 4.74 Å². The van der Waals surface area contributed by atoms with Crippen LogP contribution in [-0.2, 0) is 14.3 Å². The summed E-state index contributed by atoms with van der Waals surface area (Å²) in [6.45, 7) is 6.77. The number of rotatable bonds is 7. The van der Waals surface area contributed by atoms with Crippen molar-refractivity contribution in [2.45, 2.75) is 52.7 Å². The molecular formula is C18H24N2O5. The van der Waals surface area contributed by atoms with Crippen molar-refractivity contribution >= 4 is 23.7 Å². The molecule has 0 bridgehead atoms. The molecule has 0 aliphatic carbocycles. The first-order valence-corrected chi connectivity index (χ1v) is 8.09. The minimum atomic E-state index is -1.13. The van der Waals surface area contributed by atoms with Gasteiger partial charge in [0.1, 0.15) is 0 Å². The summed E-state index contributed by atoms with van der Waals surface area (Å²) >= 11 is 0. The molecule has 0 fully saturated rings. The number of nitrogens with one attached hydrogen (secondary N) is 2. The van der Waals surface area contributed by atoms with Gasteiger partial charge >= 0.3 is 12.0 Å². The fourth-order valence-electron chi connectivity index (χ4n) is 1.92. The highest BCUT2D eigenvalue weighted by Crippen LogP contribution is 2.08. The van der Waals surface area contributed by atoms with Crippen LogP contribution in [0.5, 0.6) is 0 Å². The molecule has 1 aromatic rings. The number of imide groups is 1. The largest absolute Gasteiger partial charge is 0.453 e. The quantitative estimate of drug-likeness (QED) is 0.580. The number of esters is 1. The molecule has 0 heterocycles. The van der Waals surface area contributed by atoms with Crippen molar-refractivity contribution < 1.29 is 23.9 Å². The number of aryl methyl sites for hydroxylation is 1. The molecule has 7 nitrogen and oxygen atoms in total. The maximum absolute atomic E-state index is 12.0. The topological polar surface area (TPSA) is 102 Å². The van der Waals surface area contributed by atoms with Gasteiger partial charge < -0.3 is 10.1 Å². The van der Waals surface area contributed by atoms with E-state index in [0.717, 1.165) is 5.56 Å². The van der Waals surface area contributed by atoms with E-state index in [9.17, 15) is 19.2 Å². The lowest BCUT2D eigenvalue weighted by molar-refractivity contribution is -0.154. The number of benzene rings is 1. The standard InChI is InChI=1S/C18H24N2O5/c1-11(2)19-18(24)20-17(23)13(4)25-16(22)10-9-15(21)14-7-5-12(3)6-8-14/h5-8,11,13H,9-10H2,1-4H3,(H2,19,20,23,24)/t13-/m1/s1. The van der Waals surface area contributed by atoms with Gasteiger partial charge in [-0.15, -0.1) is 0 Å². The molecule has 0 aromatic heterocycles. The normalized spacial score (nSPS) is 11.6. The van der Waals surface area contributed by atoms with Gasteiger partial charge in [0.2, 0.25) is 0 Å². The number of ether oxygens (including phenoxy) is 1. The van der Waals surface area contributed by atoms with Crippen LogP contribution in [-0.4, -0.2) is 35.8 Å². The van der Waals surface area contributed by atoms with Crippen molar-refractivity contribution in [2.75, 3.05) is 0 Å². The maximum atomic E-state index is 12.0. The predicted octanol–water partition coefficient (Wildman–Crippen LogP) is 2.12. The molecule has 0 aliphatic heterocycles. The number of Topliss-reactive ketones (excluding diaryl/α,β-unsaturated/α-hetero) is 1. The molecule has 0 saturated heterocycles. The number of ketones is 1. The Balaban J connectivity index is 2.40. The Kier molecular flexibility index (Phi) is 7.78. The number of carbonyl (C=O) groups excluding carboxylic acids is 4. The van der Waals surface area contributed by atoms with Gasteiger partial charge in [0.15, 0.2) is 11.9 Å². The van der Waals surface area contributed by atoms with Crippen molar-refractivity contribution in [1.82, 2.24) is 10.6 Å². The minimum Gasteiger partial charge on any atom is -0.453 e. The molecule has 136 valence electrons. The second-order valence-electron chi connectivity index (χ2n) is 6.04. The monoisotopic (exact) mass is 348 g/mol. The Morgan fingerprint density at radius 1 is 1.00 bits per heavy atom. The van der Waals surface area contributed by atoms with Crippen molar-refractivity contribution in [1.29, 1.82) is 0 Å². The summed E-state index contributed by atoms with van der Waals surface area (Å²) in [7, 11) is 0. The van der Waals surface area contributed by atoms with Crippen LogP contribution in [0.4, 0.5) is 4.79 Å². The summed E-state index contributed by atoms with van der Waals surface area (Å²) in [5.41, 5.74) is 1.56. The smallest absolute Gasteiger partial charge is 0.321 e. The summed E-state index contributed by atoms with van der Waals surface area (Å²) in [6.07, 6.45) is -1.27. The number of hydrogen-bond acceptors (Lipinski definition) is 5. The first-order valence-electron chi connectivity index (χ1n) is 8.09. The zero-order valence-corrected chi connectivity index (χ0v) is 14.9. The van der Waals surface area contributed by atoms with Crippen LogP contribution in [0.1, 0.15) is 49.5 Å². The van der Waals surface area contributed by atoms with Gasteiger partial charge in [-0.3, -0.25) is 19.7 Å². The van der Waals surface area contributed by atoms with Crippen LogP contribution in [0, 0.1) is 6.92 Å². The molecule has 0 saturated carbocycles. The first-order chi connectivity index (χ1) is 11.7. The second kappa shape index (κ2) is 9.56. The van der Waals surface area contributed by atoms with E-state index in [2.05, 4.69) is 10.6 Å². The SMILES string of the molecule is Cc1ccc(C(=O)CCC(=O)O[C@H](C)C(=O)NC(=O)NC(C)C)cc1. The molecule has 1 atom stereocenters. The van der Waals surface area contributed by atoms with Crippen molar-refractivity contribution in [3.05, 3.63) is 35.4 Å². The Labute approximate surface area is 147 Å². The van der Waals surface area contributed by atoms with E-state index in [1.165, 1.54) is 6.92 Å². The second-order valence-corrected chi connectivity index (χ2v) is 6.04. The summed E-state index contributed by atoms with van der Waals surface area (Å²) in [6, 6.07) is 6.26. The summed E-state index contributed by atoms with van der Waals surface area (Å²) in [5.74, 6) is -1.57. The van der Waals surface area contributed by atoms with E-state index in [0.29, 0.717) is 5.56 Å². The van der Waals surface area contributed by atoms with Gasteiger partial charge in [0.25, 0.3) is 5.91 Å². The number of hydrogen-bond donors (Lipinski definition) is 2. The molecule has 0 unspecified atom stereocenters. The summed E-state index contributed by atoms with van der Waals surface area (Å²) < 4.78 is 4.94. The lowest BCUT2D eigenvalue weighted by atomic mass is 10.1. The molecule has 2 N–H and O–H groups in total. The highest BCUT2D eigenvalue weighted by atomic mass is 16.5. The van der Waals surface area contributed by atoms with Gasteiger partial charge in [-0.05, 0) is 27.7 Å². The van der Waals surface area contributed by atoms with Crippen LogP contribution in [0.3, 0.4) is 0 Å². The average molecular weight is 348 g/mol. The third-order valence-corrected chi connectivity index (χ3v) is 3.26. The molecule has 0 radical (unpaired) electrons. The minimum absolute atomic E-state index is 0.00985. The van der Waals surface area contributed by atoms with Crippen LogP contribution in [0.2, 0.25) is 0 Å². The van der Waals surface area contributed by atoms with E-state index < -0.39 is 24.0 Å². The van der Waals surface area contributed by atoms with Gasteiger partial charge in [-0.2, -0.15) is 0 Å². The van der Waals surface area contributed by atoms with E-state index in [1.54, 1.807) is 26.0 Å². The van der Waals surface area contributed by atoms with Crippen LogP contribution < -0.4 is 10.6 Å². The fourth-order valence-corrected chi connectivity index (χ4v) is 1.92. The van der Waals surface area contributed by atoms with Crippen LogP contribution in [0.15, 0.2) is 24.3 Å². The third-order valence-electron chi connectivity index (χ3n) is 3.26. The Bertz CT molecular complexity index is 637. The van der Waals surface area contributed by atoms with E-state index >= 15 is 0 Å². The molecular weight excluding hydrogens is 324 g/mol. The first kappa shape index (κ1) is 20.3. The molecule has 0 aliphatic rings. The lowest BCUT2D eigenvalue weighted by Gasteiger charge is -2.14. The molecule has 7 heteroatoms. The highest BCUT2D eigenvalue weighted by molar-refractivity contribution is 5.98. The number of amides is 3. The van der Waals surface area contributed by atoms with Gasteiger partial charge in [-0.25, -0.2) is 4.79 Å². The van der Waals surface area contributed by atoms with Gasteiger partial charge in [-0.1, -0.05) is 29.8 Å². The summed E-state index contributed by atoms with van der Waals surface area (Å²) in [4.78, 5) is 46.9. The molecule has 25 heavy (non-hydrogen) atoms. The van der Waals surface area contributed by atoms with E-state index in [-0.39, 0.29) is 24.7 Å². The van der Waals surface area contributed by atoms with Crippen molar-refractivity contribution in [3.8, 4) is 0 Å². The van der Waals surface area contributed by atoms with Gasteiger partial charge in [0.05, 0.1) is 6.42 Å². The highest BCUT2D eigenvalue weighted by Gasteiger charge is 2.20. The molecule has 1 rings (SSSR count). The average Bonchev–Trinajstić information content (AvgIpc) is 2.52. The molecule has 1 aromatic carbocycles. The Morgan fingerprint density at radius 3 is 2.16 bits per heavy atom. The van der Waals surface area contributed by atoms with Crippen molar-refractivity contribution in [3.63, 3.8) is 0 Å². The Morgan fingerprint density at radius 2 is 1.60 bits per heavy atom. The maximum Gasteiger partial charge on any atom is 0.321 e. The van der Waals surface area contributed by atoms with E-state index in [1.807, 2.05) is 19.1 Å². The zero-order valence-electron chi connectivity index (χ0n) is 14.9. The van der Waals surface area contributed by atoms with Crippen LogP contribution >= 0.6 is 0 Å². The van der Waals surface area contributed by atoms with Gasteiger partial charge in [0, 0.05) is 18.0 Å². The zero-order chi connectivity index (χ0) is 19.0. The van der Waals surface area contributed by atoms with Crippen LogP contribution in [0.25, 0.3) is 0 Å². The lowest BCUT2D eigenvalue weighted by Crippen LogP contribution is -2.46. The fraction of sp³-hybridized carbons (Fsp3) is 0.444.